The van der Waals surface area contributed by atoms with Crippen molar-refractivity contribution in [2.24, 2.45) is 11.3 Å². The van der Waals surface area contributed by atoms with E-state index in [1.165, 1.54) is 17.2 Å². The van der Waals surface area contributed by atoms with Gasteiger partial charge in [-0.2, -0.15) is 9.37 Å². The van der Waals surface area contributed by atoms with E-state index in [0.717, 1.165) is 46.1 Å². The largest absolute Gasteiger partial charge is 0 e. The number of halogens is 1. The summed E-state index contributed by atoms with van der Waals surface area (Å²) in [6.07, 6.45) is 6.03. The summed E-state index contributed by atoms with van der Waals surface area (Å²) in [5.74, 6) is 7.44. The summed E-state index contributed by atoms with van der Waals surface area (Å²) in [6, 6.07) is 27.7. The average Bonchev–Trinajstić information content (AvgIpc) is 3.34. The van der Waals surface area contributed by atoms with Crippen molar-refractivity contribution in [2.45, 2.75) is 64.7 Å². The summed E-state index contributed by atoms with van der Waals surface area (Å²) < 4.78 is 20.8. The predicted octanol–water partition coefficient (Wildman–Crippen LogP) is 9.86. The first kappa shape index (κ1) is 35.7. The summed E-state index contributed by atoms with van der Waals surface area (Å²) in [6.45, 7) is 11.2. The maximum atomic E-state index is 13.4. The standard InChI is InChI=1S/C21H18FN2O.C18H24GeN.Ir/c1-21(2,3)12-13-9-10-23-17(11-13)16-6-4-5-14-15-7-8-18(22)24-20(15)25-19(14)16;1-14(2)11-16-12-18(15-9-7-6-8-10-15)20-13-17(16)19(3,4)5;/h4-5,7-11H,12H2,1-3H3;6-9,12-14H,11H2,1-5H3;/q2*-1;. The van der Waals surface area contributed by atoms with Crippen molar-refractivity contribution >= 4 is 39.7 Å². The molecule has 0 saturated heterocycles. The number of hydrogen-bond donors (Lipinski definition) is 0. The van der Waals surface area contributed by atoms with Gasteiger partial charge in [0.25, 0.3) is 0 Å². The van der Waals surface area contributed by atoms with E-state index < -0.39 is 19.2 Å². The summed E-state index contributed by atoms with van der Waals surface area (Å²) in [7, 11) is 0. The predicted molar refractivity (Wildman–Crippen MR) is 187 cm³/mol. The first-order valence-electron chi connectivity index (χ1n) is 15.6. The quantitative estimate of drug-likeness (QED) is 0.0952. The van der Waals surface area contributed by atoms with Crippen LogP contribution < -0.4 is 4.40 Å². The summed E-state index contributed by atoms with van der Waals surface area (Å²) in [5, 5.41) is 1.68. The van der Waals surface area contributed by atoms with E-state index in [1.807, 2.05) is 42.6 Å². The molecule has 0 aliphatic heterocycles. The van der Waals surface area contributed by atoms with E-state index >= 15 is 0 Å². The first-order chi connectivity index (χ1) is 21.3. The van der Waals surface area contributed by atoms with E-state index in [4.69, 9.17) is 9.40 Å². The Balaban J connectivity index is 0.000000210. The summed E-state index contributed by atoms with van der Waals surface area (Å²) >= 11 is -1.86. The average molecular weight is 853 g/mol. The van der Waals surface area contributed by atoms with Gasteiger partial charge in [-0.05, 0) is 35.7 Å². The third-order valence-electron chi connectivity index (χ3n) is 7.49. The molecule has 0 fully saturated rings. The van der Waals surface area contributed by atoms with Crippen LogP contribution in [-0.2, 0) is 32.9 Å². The molecule has 241 valence electrons. The maximum Gasteiger partial charge on any atom is 0 e. The van der Waals surface area contributed by atoms with Crippen LogP contribution in [0.5, 0.6) is 0 Å². The molecule has 0 amide bonds. The van der Waals surface area contributed by atoms with Crippen molar-refractivity contribution in [3.8, 4) is 22.5 Å². The number of pyridine rings is 3. The van der Waals surface area contributed by atoms with Crippen molar-refractivity contribution in [1.82, 2.24) is 15.0 Å². The minimum atomic E-state index is -1.86. The van der Waals surface area contributed by atoms with Gasteiger partial charge in [-0.15, -0.1) is 18.2 Å². The summed E-state index contributed by atoms with van der Waals surface area (Å²) in [5.41, 5.74) is 7.53. The molecular formula is C39H42FGeIrN3O-2. The third-order valence-corrected chi connectivity index (χ3v) is 11.8. The zero-order valence-electron chi connectivity index (χ0n) is 28.0. The second kappa shape index (κ2) is 14.7. The van der Waals surface area contributed by atoms with Gasteiger partial charge in [0.15, 0.2) is 0 Å². The van der Waals surface area contributed by atoms with Crippen molar-refractivity contribution < 1.29 is 28.9 Å². The minimum Gasteiger partial charge on any atom is 0 e. The molecule has 0 N–H and O–H groups in total. The van der Waals surface area contributed by atoms with Gasteiger partial charge in [-0.3, -0.25) is 0 Å². The Bertz CT molecular complexity index is 1920. The minimum absolute atomic E-state index is 0. The molecule has 6 aromatic rings. The van der Waals surface area contributed by atoms with Crippen LogP contribution in [0.3, 0.4) is 0 Å². The zero-order chi connectivity index (χ0) is 32.4. The van der Waals surface area contributed by atoms with Gasteiger partial charge in [0.1, 0.15) is 0 Å². The second-order valence-corrected chi connectivity index (χ2v) is 24.9. The number of fused-ring (bicyclic) bond motifs is 3. The van der Waals surface area contributed by atoms with E-state index in [-0.39, 0.29) is 25.5 Å². The molecule has 46 heavy (non-hydrogen) atoms. The van der Waals surface area contributed by atoms with Crippen LogP contribution >= 0.6 is 0 Å². The Hall–Kier alpha value is -3.19. The van der Waals surface area contributed by atoms with Gasteiger partial charge in [-0.25, -0.2) is 0 Å². The molecule has 0 unspecified atom stereocenters. The zero-order valence-corrected chi connectivity index (χ0v) is 32.5. The third kappa shape index (κ3) is 8.78. The van der Waals surface area contributed by atoms with Crippen LogP contribution in [0.25, 0.3) is 44.6 Å². The molecular weight excluding hydrogens is 810 g/mol. The van der Waals surface area contributed by atoms with Crippen LogP contribution in [0.1, 0.15) is 45.7 Å². The molecule has 4 heterocycles. The first-order valence-corrected chi connectivity index (χ1v) is 22.9. The van der Waals surface area contributed by atoms with Crippen molar-refractivity contribution in [3.63, 3.8) is 0 Å². The number of benzene rings is 2. The fourth-order valence-corrected chi connectivity index (χ4v) is 8.94. The van der Waals surface area contributed by atoms with Gasteiger partial charge in [-0.1, -0.05) is 43.4 Å². The molecule has 0 atom stereocenters. The number of hydrogen-bond acceptors (Lipinski definition) is 4. The Kier molecular flexibility index (Phi) is 11.4. The molecule has 4 aromatic heterocycles. The van der Waals surface area contributed by atoms with Crippen molar-refractivity contribution in [3.05, 3.63) is 108 Å². The van der Waals surface area contributed by atoms with Gasteiger partial charge in [0, 0.05) is 31.7 Å². The second-order valence-electron chi connectivity index (χ2n) is 14.3. The Morgan fingerprint density at radius 2 is 1.67 bits per heavy atom. The fourth-order valence-electron chi connectivity index (χ4n) is 5.60. The van der Waals surface area contributed by atoms with Crippen LogP contribution in [0.4, 0.5) is 4.39 Å². The maximum absolute atomic E-state index is 13.4. The van der Waals surface area contributed by atoms with Crippen LogP contribution in [0.15, 0.2) is 83.5 Å². The number of nitrogens with zero attached hydrogens (tertiary/aromatic N) is 3. The van der Waals surface area contributed by atoms with Gasteiger partial charge >= 0.3 is 126 Å². The summed E-state index contributed by atoms with van der Waals surface area (Å²) in [4.78, 5) is 13.0. The molecule has 0 bridgehead atoms. The van der Waals surface area contributed by atoms with Crippen LogP contribution in [0.2, 0.25) is 17.3 Å². The molecule has 0 spiro atoms. The molecule has 7 heteroatoms. The van der Waals surface area contributed by atoms with Gasteiger partial charge < -0.3 is 9.40 Å². The van der Waals surface area contributed by atoms with E-state index in [9.17, 15) is 4.39 Å². The molecule has 0 aliphatic carbocycles. The van der Waals surface area contributed by atoms with E-state index in [0.29, 0.717) is 17.2 Å². The van der Waals surface area contributed by atoms with Crippen LogP contribution in [0, 0.1) is 29.4 Å². The SMILES string of the molecule is CC(C)(C)Cc1ccnc(-c2[c-]ccc3c2oc2nc(F)ccc23)c1.CC(C)Cc1cc(-c2[c-]cccc2)nc[c]1[Ge]([CH3])([CH3])[CH3].[Ir]. The van der Waals surface area contributed by atoms with Crippen molar-refractivity contribution in [1.29, 1.82) is 0 Å². The normalized spacial score (nSPS) is 11.8. The topological polar surface area (TPSA) is 51.8 Å². The monoisotopic (exact) mass is 854 g/mol. The number of rotatable bonds is 6. The molecule has 0 saturated carbocycles. The number of aromatic nitrogens is 3. The van der Waals surface area contributed by atoms with Crippen LogP contribution in [-0.4, -0.2) is 28.2 Å². The van der Waals surface area contributed by atoms with E-state index in [2.05, 4.69) is 98.4 Å². The Labute approximate surface area is 289 Å². The van der Waals surface area contributed by atoms with Gasteiger partial charge in [0.05, 0.1) is 5.58 Å². The molecule has 2 aromatic carbocycles. The molecule has 1 radical (unpaired) electrons. The fraction of sp³-hybridized carbons (Fsp3) is 0.308. The number of furan rings is 1. The smallest absolute Gasteiger partial charge is 0 e. The van der Waals surface area contributed by atoms with Crippen molar-refractivity contribution in [2.75, 3.05) is 0 Å². The Morgan fingerprint density at radius 1 is 0.891 bits per heavy atom. The molecule has 6 rings (SSSR count). The molecule has 0 aliphatic rings. The van der Waals surface area contributed by atoms with Gasteiger partial charge in [0.2, 0.25) is 11.7 Å². The Morgan fingerprint density at radius 3 is 2.35 bits per heavy atom. The van der Waals surface area contributed by atoms with E-state index in [1.54, 1.807) is 10.5 Å². The molecule has 4 nitrogen and oxygen atoms in total.